The SMILES string of the molecule is O=C1CC2CC1c1nc3ccccc3nc12. The maximum absolute atomic E-state index is 11.7. The highest BCUT2D eigenvalue weighted by Crippen LogP contribution is 2.49. The van der Waals surface area contributed by atoms with Crippen LogP contribution in [-0.4, -0.2) is 15.8 Å². The molecule has 1 fully saturated rings. The zero-order chi connectivity index (χ0) is 10.7. The molecule has 2 atom stereocenters. The Kier molecular flexibility index (Phi) is 1.40. The van der Waals surface area contributed by atoms with E-state index in [0.717, 1.165) is 28.8 Å². The van der Waals surface area contributed by atoms with Crippen LogP contribution in [0.15, 0.2) is 24.3 Å². The van der Waals surface area contributed by atoms with Gasteiger partial charge in [0.25, 0.3) is 0 Å². The molecule has 16 heavy (non-hydrogen) atoms. The van der Waals surface area contributed by atoms with Crippen LogP contribution in [0.2, 0.25) is 0 Å². The summed E-state index contributed by atoms with van der Waals surface area (Å²) < 4.78 is 0. The minimum Gasteiger partial charge on any atom is -0.299 e. The van der Waals surface area contributed by atoms with E-state index >= 15 is 0 Å². The number of Topliss-reactive ketones (excluding diaryl/α,β-unsaturated/α-hetero) is 1. The number of nitrogens with zero attached hydrogens (tertiary/aromatic N) is 2. The maximum atomic E-state index is 11.7. The fraction of sp³-hybridized carbons (Fsp3) is 0.308. The molecule has 0 aliphatic heterocycles. The molecule has 0 saturated heterocycles. The average Bonchev–Trinajstić information content (AvgIpc) is 2.84. The van der Waals surface area contributed by atoms with Gasteiger partial charge in [-0.25, -0.2) is 9.97 Å². The topological polar surface area (TPSA) is 42.9 Å². The molecule has 3 heteroatoms. The molecular weight excluding hydrogens is 200 g/mol. The molecule has 2 unspecified atom stereocenters. The number of hydrogen-bond donors (Lipinski definition) is 0. The number of carbonyl (C=O) groups excluding carboxylic acids is 1. The lowest BCUT2D eigenvalue weighted by atomic mass is 9.99. The lowest BCUT2D eigenvalue weighted by Crippen LogP contribution is -2.12. The third-order valence-corrected chi connectivity index (χ3v) is 3.70. The molecule has 4 rings (SSSR count). The number of rotatable bonds is 0. The van der Waals surface area contributed by atoms with Crippen molar-refractivity contribution in [2.75, 3.05) is 0 Å². The lowest BCUT2D eigenvalue weighted by molar-refractivity contribution is -0.119. The van der Waals surface area contributed by atoms with Crippen molar-refractivity contribution in [1.82, 2.24) is 9.97 Å². The van der Waals surface area contributed by atoms with Gasteiger partial charge < -0.3 is 0 Å². The van der Waals surface area contributed by atoms with Crippen LogP contribution in [0, 0.1) is 0 Å². The molecule has 3 nitrogen and oxygen atoms in total. The molecule has 1 aromatic heterocycles. The van der Waals surface area contributed by atoms with Gasteiger partial charge >= 0.3 is 0 Å². The zero-order valence-electron chi connectivity index (χ0n) is 8.68. The first-order chi connectivity index (χ1) is 7.83. The van der Waals surface area contributed by atoms with E-state index in [9.17, 15) is 4.79 Å². The highest BCUT2D eigenvalue weighted by molar-refractivity contribution is 5.92. The molecule has 2 bridgehead atoms. The van der Waals surface area contributed by atoms with Gasteiger partial charge in [-0.1, -0.05) is 12.1 Å². The van der Waals surface area contributed by atoms with Gasteiger partial charge in [0.1, 0.15) is 5.78 Å². The summed E-state index contributed by atoms with van der Waals surface area (Å²) in [5.41, 5.74) is 3.87. The fourth-order valence-corrected chi connectivity index (χ4v) is 2.94. The Morgan fingerprint density at radius 3 is 2.50 bits per heavy atom. The van der Waals surface area contributed by atoms with E-state index in [1.807, 2.05) is 24.3 Å². The smallest absolute Gasteiger partial charge is 0.142 e. The first-order valence-electron chi connectivity index (χ1n) is 5.62. The Bertz CT molecular complexity index is 620. The fourth-order valence-electron chi connectivity index (χ4n) is 2.94. The van der Waals surface area contributed by atoms with E-state index in [4.69, 9.17) is 0 Å². The van der Waals surface area contributed by atoms with E-state index < -0.39 is 0 Å². The predicted molar refractivity (Wildman–Crippen MR) is 59.3 cm³/mol. The van der Waals surface area contributed by atoms with Crippen molar-refractivity contribution in [2.24, 2.45) is 0 Å². The Balaban J connectivity index is 2.05. The molecule has 78 valence electrons. The first-order valence-corrected chi connectivity index (χ1v) is 5.62. The molecule has 0 spiro atoms. The summed E-state index contributed by atoms with van der Waals surface area (Å²) >= 11 is 0. The van der Waals surface area contributed by atoms with E-state index in [1.54, 1.807) is 0 Å². The Morgan fingerprint density at radius 2 is 1.75 bits per heavy atom. The van der Waals surface area contributed by atoms with Gasteiger partial charge in [-0.05, 0) is 18.6 Å². The van der Waals surface area contributed by atoms with Crippen molar-refractivity contribution in [2.45, 2.75) is 24.7 Å². The quantitative estimate of drug-likeness (QED) is 0.669. The van der Waals surface area contributed by atoms with Gasteiger partial charge in [0.05, 0.1) is 28.3 Å². The van der Waals surface area contributed by atoms with Crippen molar-refractivity contribution >= 4 is 16.8 Å². The maximum Gasteiger partial charge on any atom is 0.142 e. The van der Waals surface area contributed by atoms with Gasteiger partial charge in [-0.2, -0.15) is 0 Å². The van der Waals surface area contributed by atoms with Crippen LogP contribution in [0.1, 0.15) is 36.1 Å². The van der Waals surface area contributed by atoms with Gasteiger partial charge in [0.15, 0.2) is 0 Å². The highest BCUT2D eigenvalue weighted by atomic mass is 16.1. The summed E-state index contributed by atoms with van der Waals surface area (Å²) in [6.07, 6.45) is 1.61. The normalized spacial score (nSPS) is 26.4. The summed E-state index contributed by atoms with van der Waals surface area (Å²) in [5, 5.41) is 0. The van der Waals surface area contributed by atoms with Crippen LogP contribution in [0.5, 0.6) is 0 Å². The van der Waals surface area contributed by atoms with Crippen molar-refractivity contribution in [3.05, 3.63) is 35.7 Å². The molecule has 1 saturated carbocycles. The Morgan fingerprint density at radius 1 is 1.06 bits per heavy atom. The van der Waals surface area contributed by atoms with E-state index in [0.29, 0.717) is 18.1 Å². The van der Waals surface area contributed by atoms with Gasteiger partial charge in [-0.3, -0.25) is 4.79 Å². The molecule has 2 aliphatic rings. The predicted octanol–water partition coefficient (Wildman–Crippen LogP) is 2.17. The monoisotopic (exact) mass is 210 g/mol. The van der Waals surface area contributed by atoms with E-state index in [2.05, 4.69) is 9.97 Å². The zero-order valence-corrected chi connectivity index (χ0v) is 8.68. The summed E-state index contributed by atoms with van der Waals surface area (Å²) in [6, 6.07) is 7.87. The molecule has 2 aliphatic carbocycles. The second kappa shape index (κ2) is 2.67. The molecule has 0 N–H and O–H groups in total. The number of para-hydroxylation sites is 2. The Hall–Kier alpha value is -1.77. The van der Waals surface area contributed by atoms with E-state index in [1.165, 1.54) is 0 Å². The van der Waals surface area contributed by atoms with Crippen molar-refractivity contribution in [1.29, 1.82) is 0 Å². The van der Waals surface area contributed by atoms with Crippen LogP contribution in [-0.2, 0) is 4.79 Å². The minimum absolute atomic E-state index is 0.0390. The average molecular weight is 210 g/mol. The van der Waals surface area contributed by atoms with Gasteiger partial charge in [-0.15, -0.1) is 0 Å². The third kappa shape index (κ3) is 0.907. The van der Waals surface area contributed by atoms with Crippen LogP contribution in [0.25, 0.3) is 11.0 Å². The van der Waals surface area contributed by atoms with Crippen molar-refractivity contribution < 1.29 is 4.79 Å². The molecule has 1 heterocycles. The third-order valence-electron chi connectivity index (χ3n) is 3.70. The van der Waals surface area contributed by atoms with Gasteiger partial charge in [0, 0.05) is 12.3 Å². The second-order valence-electron chi connectivity index (χ2n) is 4.64. The van der Waals surface area contributed by atoms with E-state index in [-0.39, 0.29) is 5.92 Å². The minimum atomic E-state index is 0.0390. The second-order valence-corrected chi connectivity index (χ2v) is 4.64. The molecule has 1 aromatic carbocycles. The van der Waals surface area contributed by atoms with Crippen LogP contribution in [0.3, 0.4) is 0 Å². The lowest BCUT2D eigenvalue weighted by Gasteiger charge is -2.12. The number of carbonyl (C=O) groups is 1. The standard InChI is InChI=1S/C13H10N2O/c16-11-6-7-5-8(11)13-12(7)14-9-3-1-2-4-10(9)15-13/h1-4,7-8H,5-6H2. The molecule has 0 amide bonds. The summed E-state index contributed by atoms with van der Waals surface area (Å²) in [6.45, 7) is 0. The van der Waals surface area contributed by atoms with Crippen LogP contribution in [0.4, 0.5) is 0 Å². The summed E-state index contributed by atoms with van der Waals surface area (Å²) in [5.74, 6) is 0.726. The largest absolute Gasteiger partial charge is 0.299 e. The van der Waals surface area contributed by atoms with Crippen LogP contribution < -0.4 is 0 Å². The first kappa shape index (κ1) is 8.39. The number of fused-ring (bicyclic) bond motifs is 6. The summed E-state index contributed by atoms with van der Waals surface area (Å²) in [4.78, 5) is 20.9. The van der Waals surface area contributed by atoms with Crippen LogP contribution >= 0.6 is 0 Å². The molecular formula is C13H10N2O. The van der Waals surface area contributed by atoms with Gasteiger partial charge in [0.2, 0.25) is 0 Å². The molecule has 0 radical (unpaired) electrons. The summed E-state index contributed by atoms with van der Waals surface area (Å²) in [7, 11) is 0. The highest BCUT2D eigenvalue weighted by Gasteiger charge is 2.45. The Labute approximate surface area is 92.5 Å². The number of benzene rings is 1. The number of hydrogen-bond acceptors (Lipinski definition) is 3. The molecule has 2 aromatic rings. The number of ketones is 1. The number of aromatic nitrogens is 2. The van der Waals surface area contributed by atoms with Crippen molar-refractivity contribution in [3.8, 4) is 0 Å². The van der Waals surface area contributed by atoms with Crippen molar-refractivity contribution in [3.63, 3.8) is 0 Å².